The summed E-state index contributed by atoms with van der Waals surface area (Å²) in [5.74, 6) is 0. The Bertz CT molecular complexity index is 444. The highest BCUT2D eigenvalue weighted by Crippen LogP contribution is 1.88. The molecule has 0 unspecified atom stereocenters. The first-order chi connectivity index (χ1) is 5.27. The smallest absolute Gasteiger partial charge is 0.275 e. The van der Waals surface area contributed by atoms with Gasteiger partial charge in [0.2, 0.25) is 0 Å². The summed E-state index contributed by atoms with van der Waals surface area (Å²) >= 11 is 2.51. The molecule has 4 nitrogen and oxygen atoms in total. The van der Waals surface area contributed by atoms with Crippen LogP contribution in [-0.2, 0) is 0 Å². The van der Waals surface area contributed by atoms with E-state index >= 15 is 0 Å². The topological polar surface area (TPSA) is 50.2 Å². The van der Waals surface area contributed by atoms with Crippen molar-refractivity contribution in [2.24, 2.45) is 0 Å². The van der Waals surface area contributed by atoms with E-state index in [1.54, 1.807) is 16.8 Å². The second-order valence-corrected chi connectivity index (χ2v) is 2.89. The molecule has 1 N–H and O–H groups in total. The standard InChI is InChI=1S/C6H4N3O.Al/c10-6-5-2-1-3-9(5)8-4-7-6;/h2-4H,(H,7,8,10);. The zero-order valence-corrected chi connectivity index (χ0v) is 6.77. The molecule has 0 aromatic carbocycles. The van der Waals surface area contributed by atoms with Gasteiger partial charge in [-0.2, -0.15) is 5.10 Å². The molecular weight excluding hydrogens is 157 g/mol. The van der Waals surface area contributed by atoms with Crippen LogP contribution in [0.4, 0.5) is 0 Å². The lowest BCUT2D eigenvalue weighted by molar-refractivity contribution is 0.890. The number of aromatic nitrogens is 3. The number of hydrogen-bond acceptors (Lipinski definition) is 2. The van der Waals surface area contributed by atoms with Crippen molar-refractivity contribution in [2.45, 2.75) is 0 Å². The average molecular weight is 161 g/mol. The highest BCUT2D eigenvalue weighted by Gasteiger charge is 1.97. The summed E-state index contributed by atoms with van der Waals surface area (Å²) in [6.07, 6.45) is 3.15. The molecule has 0 spiro atoms. The second-order valence-electron chi connectivity index (χ2n) is 2.22. The normalized spacial score (nSPS) is 10.5. The number of rotatable bonds is 0. The van der Waals surface area contributed by atoms with Gasteiger partial charge in [-0.15, -0.1) is 4.43 Å². The van der Waals surface area contributed by atoms with Crippen LogP contribution in [-0.4, -0.2) is 30.9 Å². The molecule has 2 rings (SSSR count). The Morgan fingerprint density at radius 3 is 3.18 bits per heavy atom. The van der Waals surface area contributed by atoms with E-state index < -0.39 is 0 Å². The molecule has 0 bridgehead atoms. The molecule has 52 valence electrons. The summed E-state index contributed by atoms with van der Waals surface area (Å²) in [5, 5.41) is 3.91. The molecule has 0 atom stereocenters. The first kappa shape index (κ1) is 6.65. The van der Waals surface area contributed by atoms with Crippen LogP contribution >= 0.6 is 0 Å². The number of fused-ring (bicyclic) bond motifs is 1. The number of aromatic amines is 1. The minimum Gasteiger partial charge on any atom is -0.310 e. The van der Waals surface area contributed by atoms with Crippen molar-refractivity contribution in [3.8, 4) is 0 Å². The van der Waals surface area contributed by atoms with E-state index in [4.69, 9.17) is 0 Å². The SMILES string of the molecule is O=c1[nH]cnn2c[c]([Al])cc12. The predicted molar refractivity (Wildman–Crippen MR) is 41.2 cm³/mol. The van der Waals surface area contributed by atoms with Crippen LogP contribution in [0.5, 0.6) is 0 Å². The third-order valence-electron chi connectivity index (χ3n) is 1.43. The summed E-state index contributed by atoms with van der Waals surface area (Å²) in [5.41, 5.74) is 0.450. The van der Waals surface area contributed by atoms with Crippen molar-refractivity contribution < 1.29 is 0 Å². The van der Waals surface area contributed by atoms with E-state index in [-0.39, 0.29) is 5.56 Å². The third-order valence-corrected chi connectivity index (χ3v) is 1.75. The summed E-state index contributed by atoms with van der Waals surface area (Å²) in [6.45, 7) is 0. The van der Waals surface area contributed by atoms with E-state index in [0.717, 1.165) is 4.43 Å². The molecule has 5 heteroatoms. The molecule has 2 aromatic heterocycles. The van der Waals surface area contributed by atoms with Crippen LogP contribution in [0.2, 0.25) is 0 Å². The van der Waals surface area contributed by atoms with Gasteiger partial charge in [0.15, 0.2) is 16.3 Å². The van der Waals surface area contributed by atoms with E-state index in [1.807, 2.05) is 0 Å². The fourth-order valence-electron chi connectivity index (χ4n) is 0.961. The van der Waals surface area contributed by atoms with E-state index in [1.165, 1.54) is 6.33 Å². The second kappa shape index (κ2) is 2.22. The largest absolute Gasteiger partial charge is 0.310 e. The maximum Gasteiger partial charge on any atom is 0.275 e. The molecule has 0 aliphatic carbocycles. The maximum atomic E-state index is 11.1. The van der Waals surface area contributed by atoms with Gasteiger partial charge in [-0.1, -0.05) is 0 Å². The first-order valence-electron chi connectivity index (χ1n) is 3.09. The van der Waals surface area contributed by atoms with Gasteiger partial charge in [0.05, 0.1) is 0 Å². The van der Waals surface area contributed by atoms with Crippen molar-refractivity contribution in [3.63, 3.8) is 0 Å². The Morgan fingerprint density at radius 2 is 2.45 bits per heavy atom. The van der Waals surface area contributed by atoms with E-state index in [2.05, 4.69) is 26.4 Å². The number of H-pyrrole nitrogens is 1. The number of nitrogens with one attached hydrogen (secondary N) is 1. The van der Waals surface area contributed by atoms with Crippen LogP contribution in [0.3, 0.4) is 0 Å². The lowest BCUT2D eigenvalue weighted by Crippen LogP contribution is -2.09. The van der Waals surface area contributed by atoms with E-state index in [9.17, 15) is 4.79 Å². The molecule has 2 heterocycles. The van der Waals surface area contributed by atoms with Crippen molar-refractivity contribution in [3.05, 3.63) is 28.9 Å². The van der Waals surface area contributed by atoms with Gasteiger partial charge in [0.25, 0.3) is 5.56 Å². The lowest BCUT2D eigenvalue weighted by Gasteiger charge is -1.87. The predicted octanol–water partition coefficient (Wildman–Crippen LogP) is -1.18. The average Bonchev–Trinajstić information content (AvgIpc) is 2.31. The third kappa shape index (κ3) is 0.986. The summed E-state index contributed by atoms with van der Waals surface area (Å²) in [6, 6.07) is 1.76. The molecule has 0 aliphatic heterocycles. The van der Waals surface area contributed by atoms with E-state index in [0.29, 0.717) is 5.52 Å². The van der Waals surface area contributed by atoms with Crippen molar-refractivity contribution in [2.75, 3.05) is 0 Å². The quantitative estimate of drug-likeness (QED) is 0.494. The molecular formula is C6H4AlN3O. The van der Waals surface area contributed by atoms with Crippen LogP contribution in [0.1, 0.15) is 0 Å². The van der Waals surface area contributed by atoms with Crippen LogP contribution in [0.25, 0.3) is 5.52 Å². The Labute approximate surface area is 70.3 Å². The zero-order valence-electron chi connectivity index (χ0n) is 5.61. The van der Waals surface area contributed by atoms with Crippen molar-refractivity contribution in [1.29, 1.82) is 0 Å². The Morgan fingerprint density at radius 1 is 1.64 bits per heavy atom. The summed E-state index contributed by atoms with van der Waals surface area (Å²) in [7, 11) is 0. The van der Waals surface area contributed by atoms with Gasteiger partial charge < -0.3 is 4.98 Å². The van der Waals surface area contributed by atoms with Gasteiger partial charge in [-0.3, -0.25) is 4.79 Å². The molecule has 0 saturated carbocycles. The van der Waals surface area contributed by atoms with Crippen molar-refractivity contribution >= 4 is 26.2 Å². The number of nitrogens with zero attached hydrogens (tertiary/aromatic N) is 2. The Hall–Kier alpha value is -1.05. The van der Waals surface area contributed by atoms with Gasteiger partial charge in [-0.25, -0.2) is 4.52 Å². The first-order valence-corrected chi connectivity index (χ1v) is 3.66. The van der Waals surface area contributed by atoms with Gasteiger partial charge in [0, 0.05) is 6.20 Å². The van der Waals surface area contributed by atoms with Gasteiger partial charge in [0.1, 0.15) is 11.8 Å². The fourth-order valence-corrected chi connectivity index (χ4v) is 1.26. The molecule has 2 radical (unpaired) electrons. The zero-order chi connectivity index (χ0) is 7.84. The van der Waals surface area contributed by atoms with Gasteiger partial charge >= 0.3 is 0 Å². The van der Waals surface area contributed by atoms with Crippen LogP contribution in [0, 0.1) is 0 Å². The Kier molecular flexibility index (Phi) is 1.34. The van der Waals surface area contributed by atoms with Crippen LogP contribution in [0.15, 0.2) is 23.4 Å². The minimum atomic E-state index is -0.117. The highest BCUT2D eigenvalue weighted by molar-refractivity contribution is 6.32. The molecule has 0 aliphatic rings. The molecule has 0 saturated heterocycles. The molecule has 0 amide bonds. The minimum absolute atomic E-state index is 0.117. The summed E-state index contributed by atoms with van der Waals surface area (Å²) in [4.78, 5) is 13.6. The maximum absolute atomic E-state index is 11.1. The number of hydrogen-bond donors (Lipinski definition) is 1. The summed E-state index contributed by atoms with van der Waals surface area (Å²) < 4.78 is 2.50. The monoisotopic (exact) mass is 161 g/mol. The highest BCUT2D eigenvalue weighted by atomic mass is 27.0. The fraction of sp³-hybridized carbons (Fsp3) is 0. The molecule has 2 aromatic rings. The molecule has 0 fully saturated rings. The van der Waals surface area contributed by atoms with Gasteiger partial charge in [-0.05, 0) is 6.07 Å². The molecule has 11 heavy (non-hydrogen) atoms. The Balaban J connectivity index is 3.02. The van der Waals surface area contributed by atoms with Crippen LogP contribution < -0.4 is 9.98 Å². The van der Waals surface area contributed by atoms with Crippen molar-refractivity contribution in [1.82, 2.24) is 14.6 Å². The lowest BCUT2D eigenvalue weighted by atomic mass is 10.5.